The lowest BCUT2D eigenvalue weighted by Crippen LogP contribution is -2.29. The number of nitrogens with one attached hydrogen (secondary N) is 1. The third-order valence-electron chi connectivity index (χ3n) is 4.03. The Bertz CT molecular complexity index is 804. The van der Waals surface area contributed by atoms with Crippen LogP contribution in [0, 0.1) is 6.92 Å². The summed E-state index contributed by atoms with van der Waals surface area (Å²) in [6.45, 7) is 4.90. The van der Waals surface area contributed by atoms with Crippen LogP contribution in [-0.2, 0) is 6.54 Å². The van der Waals surface area contributed by atoms with Crippen molar-refractivity contribution in [3.8, 4) is 0 Å². The van der Waals surface area contributed by atoms with Crippen LogP contribution in [-0.4, -0.2) is 33.2 Å². The number of anilines is 2. The van der Waals surface area contributed by atoms with Crippen LogP contribution in [0.3, 0.4) is 0 Å². The molecule has 7 heteroatoms. The summed E-state index contributed by atoms with van der Waals surface area (Å²) in [7, 11) is 0. The molecule has 1 N–H and O–H groups in total. The van der Waals surface area contributed by atoms with Crippen LogP contribution in [0.2, 0.25) is 0 Å². The highest BCUT2D eigenvalue weighted by Crippen LogP contribution is 2.22. The summed E-state index contributed by atoms with van der Waals surface area (Å²) >= 11 is 0. The minimum Gasteiger partial charge on any atom is -0.423 e. The molecule has 7 nitrogen and oxygen atoms in total. The maximum Gasteiger partial charge on any atom is 0.323 e. The number of aryl methyl sites for hydroxylation is 1. The second kappa shape index (κ2) is 6.00. The van der Waals surface area contributed by atoms with Crippen molar-refractivity contribution in [1.82, 2.24) is 20.1 Å². The second-order valence-electron chi connectivity index (χ2n) is 5.95. The number of likely N-dealkylation sites (tertiary alicyclic amines) is 1. The number of hydrogen-bond donors (Lipinski definition) is 1. The summed E-state index contributed by atoms with van der Waals surface area (Å²) < 4.78 is 11.3. The van der Waals surface area contributed by atoms with E-state index in [0.29, 0.717) is 24.5 Å². The topological polar surface area (TPSA) is 80.2 Å². The van der Waals surface area contributed by atoms with Gasteiger partial charge in [-0.1, -0.05) is 17.6 Å². The average molecular weight is 313 g/mol. The summed E-state index contributed by atoms with van der Waals surface area (Å²) in [6, 6.07) is 6.53. The predicted molar refractivity (Wildman–Crippen MR) is 85.5 cm³/mol. The van der Waals surface area contributed by atoms with Crippen molar-refractivity contribution in [2.75, 3.05) is 18.4 Å². The molecular formula is C16H19N5O2. The third-order valence-corrected chi connectivity index (χ3v) is 4.03. The monoisotopic (exact) mass is 313 g/mol. The van der Waals surface area contributed by atoms with Crippen molar-refractivity contribution >= 4 is 23.1 Å². The summed E-state index contributed by atoms with van der Waals surface area (Å²) in [6.07, 6.45) is 3.79. The van der Waals surface area contributed by atoms with E-state index in [4.69, 9.17) is 8.83 Å². The molecule has 1 aliphatic rings. The van der Waals surface area contributed by atoms with E-state index in [1.807, 2.05) is 25.1 Å². The van der Waals surface area contributed by atoms with Crippen LogP contribution >= 0.6 is 0 Å². The number of aromatic nitrogens is 3. The Labute approximate surface area is 133 Å². The molecule has 1 fully saturated rings. The molecule has 0 radical (unpaired) electrons. The Hall–Kier alpha value is -2.41. The molecule has 0 unspecified atom stereocenters. The van der Waals surface area contributed by atoms with Gasteiger partial charge in [-0.3, -0.25) is 10.2 Å². The van der Waals surface area contributed by atoms with E-state index in [1.165, 1.54) is 19.3 Å². The molecule has 3 aromatic rings. The number of rotatable bonds is 4. The van der Waals surface area contributed by atoms with Gasteiger partial charge in [0.25, 0.3) is 0 Å². The lowest BCUT2D eigenvalue weighted by Gasteiger charge is -2.24. The van der Waals surface area contributed by atoms with Crippen molar-refractivity contribution in [1.29, 1.82) is 0 Å². The zero-order valence-corrected chi connectivity index (χ0v) is 13.1. The van der Waals surface area contributed by atoms with E-state index in [1.54, 1.807) is 0 Å². The fourth-order valence-corrected chi connectivity index (χ4v) is 2.86. The summed E-state index contributed by atoms with van der Waals surface area (Å²) in [5.74, 6) is 0.612. The molecule has 0 saturated carbocycles. The molecule has 0 aliphatic carbocycles. The first-order valence-corrected chi connectivity index (χ1v) is 7.95. The molecule has 2 aromatic heterocycles. The van der Waals surface area contributed by atoms with Crippen LogP contribution in [0.1, 0.15) is 30.7 Å². The number of piperidine rings is 1. The van der Waals surface area contributed by atoms with Crippen LogP contribution in [0.25, 0.3) is 11.1 Å². The smallest absolute Gasteiger partial charge is 0.323 e. The Morgan fingerprint density at radius 2 is 1.96 bits per heavy atom. The maximum atomic E-state index is 5.64. The van der Waals surface area contributed by atoms with Gasteiger partial charge in [0, 0.05) is 0 Å². The summed E-state index contributed by atoms with van der Waals surface area (Å²) in [4.78, 5) is 6.71. The number of fused-ring (bicyclic) bond motifs is 1. The van der Waals surface area contributed by atoms with Crippen molar-refractivity contribution < 1.29 is 8.83 Å². The zero-order valence-electron chi connectivity index (χ0n) is 13.1. The molecule has 0 bridgehead atoms. The fourth-order valence-electron chi connectivity index (χ4n) is 2.86. The van der Waals surface area contributed by atoms with Crippen molar-refractivity contribution in [3.63, 3.8) is 0 Å². The van der Waals surface area contributed by atoms with E-state index in [2.05, 4.69) is 25.4 Å². The molecule has 23 heavy (non-hydrogen) atoms. The molecule has 0 amide bonds. The maximum absolute atomic E-state index is 5.64. The van der Waals surface area contributed by atoms with Gasteiger partial charge in [-0.05, 0) is 50.6 Å². The highest BCUT2D eigenvalue weighted by molar-refractivity contribution is 5.75. The highest BCUT2D eigenvalue weighted by atomic mass is 16.4. The average Bonchev–Trinajstić information content (AvgIpc) is 3.14. The molecule has 4 rings (SSSR count). The number of oxazole rings is 1. The van der Waals surface area contributed by atoms with Crippen molar-refractivity contribution in [2.24, 2.45) is 0 Å². The van der Waals surface area contributed by atoms with Gasteiger partial charge >= 0.3 is 12.0 Å². The molecule has 1 aliphatic heterocycles. The zero-order chi connectivity index (χ0) is 15.6. The lowest BCUT2D eigenvalue weighted by atomic mass is 10.1. The van der Waals surface area contributed by atoms with Gasteiger partial charge in [0.15, 0.2) is 5.58 Å². The molecule has 0 spiro atoms. The first-order chi connectivity index (χ1) is 11.3. The van der Waals surface area contributed by atoms with Gasteiger partial charge in [0.1, 0.15) is 5.52 Å². The van der Waals surface area contributed by atoms with Crippen LogP contribution in [0.15, 0.2) is 27.0 Å². The third kappa shape index (κ3) is 3.19. The van der Waals surface area contributed by atoms with Gasteiger partial charge in [0.05, 0.1) is 6.54 Å². The predicted octanol–water partition coefficient (Wildman–Crippen LogP) is 3.25. The van der Waals surface area contributed by atoms with Crippen LogP contribution in [0.4, 0.5) is 12.0 Å². The van der Waals surface area contributed by atoms with Crippen molar-refractivity contribution in [3.05, 3.63) is 29.7 Å². The normalized spacial score (nSPS) is 16.0. The van der Waals surface area contributed by atoms with E-state index < -0.39 is 0 Å². The quantitative estimate of drug-likeness (QED) is 0.791. The Kier molecular flexibility index (Phi) is 3.70. The number of benzene rings is 1. The minimum absolute atomic E-state index is 0.306. The van der Waals surface area contributed by atoms with Gasteiger partial charge in [-0.2, -0.15) is 4.98 Å². The van der Waals surface area contributed by atoms with E-state index >= 15 is 0 Å². The number of nitrogens with zero attached hydrogens (tertiary/aromatic N) is 4. The first kappa shape index (κ1) is 14.2. The number of hydrogen-bond acceptors (Lipinski definition) is 7. The summed E-state index contributed by atoms with van der Waals surface area (Å²) in [5, 5.41) is 11.0. The van der Waals surface area contributed by atoms with Gasteiger partial charge in [-0.15, -0.1) is 5.10 Å². The molecule has 120 valence electrons. The van der Waals surface area contributed by atoms with E-state index in [-0.39, 0.29) is 0 Å². The first-order valence-electron chi connectivity index (χ1n) is 7.95. The van der Waals surface area contributed by atoms with Crippen LogP contribution < -0.4 is 5.32 Å². The van der Waals surface area contributed by atoms with Crippen molar-refractivity contribution in [2.45, 2.75) is 32.7 Å². The highest BCUT2D eigenvalue weighted by Gasteiger charge is 2.15. The Balaban J connectivity index is 1.45. The van der Waals surface area contributed by atoms with Gasteiger partial charge < -0.3 is 8.83 Å². The van der Waals surface area contributed by atoms with Gasteiger partial charge in [0.2, 0.25) is 5.89 Å². The van der Waals surface area contributed by atoms with E-state index in [0.717, 1.165) is 29.8 Å². The second-order valence-corrected chi connectivity index (χ2v) is 5.95. The molecule has 3 heterocycles. The Morgan fingerprint density at radius 1 is 1.09 bits per heavy atom. The van der Waals surface area contributed by atoms with Crippen LogP contribution in [0.5, 0.6) is 0 Å². The molecular weight excluding hydrogens is 294 g/mol. The van der Waals surface area contributed by atoms with Gasteiger partial charge in [-0.25, -0.2) is 0 Å². The Morgan fingerprint density at radius 3 is 2.83 bits per heavy atom. The largest absolute Gasteiger partial charge is 0.423 e. The molecule has 1 saturated heterocycles. The summed E-state index contributed by atoms with van der Waals surface area (Å²) in [5.41, 5.74) is 2.67. The standard InChI is InChI=1S/C16H19N5O2/c1-11-5-6-13-12(9-11)17-15(22-13)18-16-20-19-14(23-16)10-21-7-3-2-4-8-21/h5-6,9H,2-4,7-8,10H2,1H3,(H,17,18,20). The molecule has 0 atom stereocenters. The lowest BCUT2D eigenvalue weighted by molar-refractivity contribution is 0.202. The van der Waals surface area contributed by atoms with E-state index in [9.17, 15) is 0 Å². The SMILES string of the molecule is Cc1ccc2oc(Nc3nnc(CN4CCCCC4)o3)nc2c1. The fraction of sp³-hybridized carbons (Fsp3) is 0.438. The minimum atomic E-state index is 0.306. The molecule has 1 aromatic carbocycles.